The van der Waals surface area contributed by atoms with Gasteiger partial charge in [0.25, 0.3) is 5.56 Å². The molecule has 3 rings (SSSR count). The van der Waals surface area contributed by atoms with Crippen molar-refractivity contribution in [1.29, 1.82) is 0 Å². The van der Waals surface area contributed by atoms with Crippen LogP contribution in [0.25, 0.3) is 10.6 Å². The fraction of sp³-hybridized carbons (Fsp3) is 0.118. The average molecular weight is 376 g/mol. The zero-order valence-corrected chi connectivity index (χ0v) is 14.2. The highest BCUT2D eigenvalue weighted by molar-refractivity contribution is 7.13. The van der Waals surface area contributed by atoms with Crippen molar-refractivity contribution in [1.82, 2.24) is 15.1 Å². The van der Waals surface area contributed by atoms with Crippen molar-refractivity contribution in [3.8, 4) is 10.6 Å². The molecule has 26 heavy (non-hydrogen) atoms. The topological polar surface area (TPSA) is 76.0 Å². The van der Waals surface area contributed by atoms with Crippen LogP contribution in [0, 0.1) is 11.6 Å². The Morgan fingerprint density at radius 1 is 1.19 bits per heavy atom. The van der Waals surface area contributed by atoms with Gasteiger partial charge in [-0.05, 0) is 29.6 Å². The number of hydrogen-bond acceptors (Lipinski definition) is 4. The molecule has 0 saturated carbocycles. The molecule has 2 amide bonds. The van der Waals surface area contributed by atoms with Crippen molar-refractivity contribution >= 4 is 23.1 Å². The third-order valence-corrected chi connectivity index (χ3v) is 4.32. The number of aromatic nitrogens is 2. The molecular formula is C17H14F2N4O2S. The molecule has 2 N–H and O–H groups in total. The Bertz CT molecular complexity index is 973. The monoisotopic (exact) mass is 376 g/mol. The number of hydrogen-bond donors (Lipinski definition) is 2. The lowest BCUT2D eigenvalue weighted by Crippen LogP contribution is -2.34. The van der Waals surface area contributed by atoms with Gasteiger partial charge >= 0.3 is 6.03 Å². The van der Waals surface area contributed by atoms with Crippen molar-refractivity contribution in [3.63, 3.8) is 0 Å². The van der Waals surface area contributed by atoms with Gasteiger partial charge in [0.2, 0.25) is 0 Å². The first-order chi connectivity index (χ1) is 12.5. The number of urea groups is 1. The van der Waals surface area contributed by atoms with Crippen molar-refractivity contribution in [2.45, 2.75) is 6.54 Å². The van der Waals surface area contributed by atoms with E-state index in [1.807, 2.05) is 17.5 Å². The third kappa shape index (κ3) is 4.31. The smallest absolute Gasteiger partial charge is 0.319 e. The van der Waals surface area contributed by atoms with E-state index in [0.717, 1.165) is 23.1 Å². The van der Waals surface area contributed by atoms with Crippen LogP contribution >= 0.6 is 11.3 Å². The third-order valence-electron chi connectivity index (χ3n) is 3.43. The molecule has 0 fully saturated rings. The van der Waals surface area contributed by atoms with Crippen molar-refractivity contribution in [3.05, 3.63) is 69.8 Å². The second kappa shape index (κ2) is 7.87. The lowest BCUT2D eigenvalue weighted by molar-refractivity contribution is 0.251. The van der Waals surface area contributed by atoms with Gasteiger partial charge in [-0.3, -0.25) is 4.79 Å². The number of thiophene rings is 1. The Morgan fingerprint density at radius 3 is 2.81 bits per heavy atom. The van der Waals surface area contributed by atoms with E-state index in [1.165, 1.54) is 22.1 Å². The minimum Gasteiger partial charge on any atom is -0.336 e. The van der Waals surface area contributed by atoms with E-state index < -0.39 is 17.7 Å². The molecule has 0 spiro atoms. The maximum Gasteiger partial charge on any atom is 0.319 e. The number of amides is 2. The average Bonchev–Trinajstić information content (AvgIpc) is 3.14. The second-order valence-electron chi connectivity index (χ2n) is 5.26. The summed E-state index contributed by atoms with van der Waals surface area (Å²) in [5.74, 6) is -1.41. The Labute approximate surface area is 151 Å². The summed E-state index contributed by atoms with van der Waals surface area (Å²) in [6.07, 6.45) is 0. The minimum atomic E-state index is -0.747. The van der Waals surface area contributed by atoms with Crippen molar-refractivity contribution in [2.24, 2.45) is 0 Å². The molecule has 0 bridgehead atoms. The SMILES string of the molecule is O=C(NCCn1nc(-c2cccs2)ccc1=O)Nc1cc(F)ccc1F. The van der Waals surface area contributed by atoms with Crippen LogP contribution in [0.4, 0.5) is 19.3 Å². The predicted molar refractivity (Wildman–Crippen MR) is 95.2 cm³/mol. The summed E-state index contributed by atoms with van der Waals surface area (Å²) < 4.78 is 27.8. The first-order valence-corrected chi connectivity index (χ1v) is 8.53. The summed E-state index contributed by atoms with van der Waals surface area (Å²) in [4.78, 5) is 24.6. The van der Waals surface area contributed by atoms with Gasteiger partial charge in [0.05, 0.1) is 17.1 Å². The van der Waals surface area contributed by atoms with E-state index in [2.05, 4.69) is 15.7 Å². The highest BCUT2D eigenvalue weighted by Crippen LogP contribution is 2.21. The number of benzene rings is 1. The molecule has 0 aliphatic heterocycles. The van der Waals surface area contributed by atoms with Crippen molar-refractivity contribution < 1.29 is 13.6 Å². The Balaban J connectivity index is 1.59. The van der Waals surface area contributed by atoms with Crippen molar-refractivity contribution in [2.75, 3.05) is 11.9 Å². The van der Waals surface area contributed by atoms with E-state index in [-0.39, 0.29) is 24.3 Å². The quantitative estimate of drug-likeness (QED) is 0.719. The van der Waals surface area contributed by atoms with Gasteiger partial charge in [-0.1, -0.05) is 6.07 Å². The number of nitrogens with zero attached hydrogens (tertiary/aromatic N) is 2. The van der Waals surface area contributed by atoms with E-state index >= 15 is 0 Å². The highest BCUT2D eigenvalue weighted by Gasteiger charge is 2.08. The number of carbonyl (C=O) groups is 1. The van der Waals surface area contributed by atoms with Crippen LogP contribution in [-0.2, 0) is 6.54 Å². The summed E-state index contributed by atoms with van der Waals surface area (Å²) >= 11 is 1.50. The number of carbonyl (C=O) groups excluding carboxylic acids is 1. The summed E-state index contributed by atoms with van der Waals surface area (Å²) in [6.45, 7) is 0.223. The lowest BCUT2D eigenvalue weighted by Gasteiger charge is -2.10. The van der Waals surface area contributed by atoms with Gasteiger partial charge in [0, 0.05) is 18.7 Å². The Hall–Kier alpha value is -3.07. The Kier molecular flexibility index (Phi) is 5.37. The number of halogens is 2. The van der Waals surface area contributed by atoms with Crippen LogP contribution in [0.3, 0.4) is 0 Å². The fourth-order valence-corrected chi connectivity index (χ4v) is 2.89. The largest absolute Gasteiger partial charge is 0.336 e. The van der Waals surface area contributed by atoms with Crippen LogP contribution in [0.2, 0.25) is 0 Å². The molecule has 2 aromatic heterocycles. The number of rotatable bonds is 5. The van der Waals surface area contributed by atoms with E-state index in [1.54, 1.807) is 6.07 Å². The van der Waals surface area contributed by atoms with Gasteiger partial charge in [0.15, 0.2) is 0 Å². The van der Waals surface area contributed by atoms with Crippen LogP contribution in [0.5, 0.6) is 0 Å². The molecule has 0 aliphatic carbocycles. The molecule has 134 valence electrons. The molecule has 3 aromatic rings. The zero-order valence-electron chi connectivity index (χ0n) is 13.4. The van der Waals surface area contributed by atoms with Gasteiger partial charge in [-0.25, -0.2) is 18.3 Å². The van der Waals surface area contributed by atoms with Gasteiger partial charge in [-0.2, -0.15) is 5.10 Å². The zero-order chi connectivity index (χ0) is 18.5. The minimum absolute atomic E-state index is 0.0869. The normalized spacial score (nSPS) is 10.5. The molecule has 9 heteroatoms. The standard InChI is InChI=1S/C17H14F2N4O2S/c18-11-3-4-12(19)14(10-11)21-17(25)20-7-8-23-16(24)6-5-13(22-23)15-2-1-9-26-15/h1-6,9-10H,7-8H2,(H2,20,21,25). The first kappa shape index (κ1) is 17.7. The maximum atomic E-state index is 13.5. The molecule has 0 atom stereocenters. The van der Waals surface area contributed by atoms with Gasteiger partial charge in [0.1, 0.15) is 17.3 Å². The maximum absolute atomic E-state index is 13.5. The summed E-state index contributed by atoms with van der Waals surface area (Å²) in [5, 5.41) is 10.8. The molecule has 6 nitrogen and oxygen atoms in total. The van der Waals surface area contributed by atoms with Crippen LogP contribution in [-0.4, -0.2) is 22.4 Å². The fourth-order valence-electron chi connectivity index (χ4n) is 2.20. The second-order valence-corrected chi connectivity index (χ2v) is 6.21. The molecule has 0 aliphatic rings. The van der Waals surface area contributed by atoms with E-state index in [9.17, 15) is 18.4 Å². The number of anilines is 1. The Morgan fingerprint density at radius 2 is 2.04 bits per heavy atom. The van der Waals surface area contributed by atoms with Gasteiger partial charge in [-0.15, -0.1) is 11.3 Å². The highest BCUT2D eigenvalue weighted by atomic mass is 32.1. The summed E-state index contributed by atoms with van der Waals surface area (Å²) in [5.41, 5.74) is 0.0899. The molecule has 2 heterocycles. The lowest BCUT2D eigenvalue weighted by atomic mass is 10.3. The molecule has 1 aromatic carbocycles. The van der Waals surface area contributed by atoms with Gasteiger partial charge < -0.3 is 10.6 Å². The van der Waals surface area contributed by atoms with Crippen LogP contribution < -0.4 is 16.2 Å². The molecule has 0 saturated heterocycles. The molecular weight excluding hydrogens is 362 g/mol. The van der Waals surface area contributed by atoms with Crippen LogP contribution in [0.1, 0.15) is 0 Å². The van der Waals surface area contributed by atoms with E-state index in [0.29, 0.717) is 5.69 Å². The van der Waals surface area contributed by atoms with E-state index in [4.69, 9.17) is 0 Å². The first-order valence-electron chi connectivity index (χ1n) is 7.65. The number of nitrogens with one attached hydrogen (secondary N) is 2. The summed E-state index contributed by atoms with van der Waals surface area (Å²) in [6, 6.07) is 8.86. The molecule has 0 radical (unpaired) electrons. The van der Waals surface area contributed by atoms with Crippen LogP contribution in [0.15, 0.2) is 52.6 Å². The molecule has 0 unspecified atom stereocenters. The summed E-state index contributed by atoms with van der Waals surface area (Å²) in [7, 11) is 0. The predicted octanol–water partition coefficient (Wildman–Crippen LogP) is 3.07.